The van der Waals surface area contributed by atoms with Gasteiger partial charge in [-0.3, -0.25) is 19.1 Å². The molecule has 0 aromatic carbocycles. The number of aromatic nitrogens is 2. The van der Waals surface area contributed by atoms with Crippen molar-refractivity contribution >= 4 is 5.91 Å². The van der Waals surface area contributed by atoms with Crippen LogP contribution in [-0.4, -0.2) is 59.1 Å². The zero-order chi connectivity index (χ0) is 20.5. The molecule has 4 unspecified atom stereocenters. The molecule has 1 saturated carbocycles. The Morgan fingerprint density at radius 2 is 2.18 bits per heavy atom. The maximum absolute atomic E-state index is 12.3. The number of likely N-dealkylation sites (N-methyl/N-ethyl adjacent to an activating group) is 1. The number of amides is 1. The van der Waals surface area contributed by atoms with Crippen LogP contribution in [0, 0.1) is 12.3 Å². The van der Waals surface area contributed by atoms with Gasteiger partial charge in [0.1, 0.15) is 18.8 Å². The SMILES string of the molecule is CNC(=O)COC1C(O)C(CC2(C)CCC2)OCC1n1cc(C)c(=O)[nH]c1=O. The van der Waals surface area contributed by atoms with E-state index in [1.807, 2.05) is 0 Å². The van der Waals surface area contributed by atoms with Crippen LogP contribution in [0.5, 0.6) is 0 Å². The Bertz CT molecular complexity index is 828. The first-order valence-electron chi connectivity index (χ1n) is 9.68. The van der Waals surface area contributed by atoms with Crippen LogP contribution in [0.1, 0.15) is 44.2 Å². The van der Waals surface area contributed by atoms with Gasteiger partial charge in [0.25, 0.3) is 5.56 Å². The topological polar surface area (TPSA) is 123 Å². The van der Waals surface area contributed by atoms with Crippen LogP contribution in [-0.2, 0) is 14.3 Å². The van der Waals surface area contributed by atoms with E-state index in [4.69, 9.17) is 9.47 Å². The summed E-state index contributed by atoms with van der Waals surface area (Å²) in [5.41, 5.74) is -0.565. The summed E-state index contributed by atoms with van der Waals surface area (Å²) in [6, 6.07) is -0.659. The molecule has 2 aliphatic rings. The molecule has 1 amide bonds. The number of H-pyrrole nitrogens is 1. The molecule has 1 aliphatic heterocycles. The Balaban J connectivity index is 1.86. The van der Waals surface area contributed by atoms with Crippen molar-refractivity contribution < 1.29 is 19.4 Å². The Kier molecular flexibility index (Phi) is 6.07. The number of aryl methyl sites for hydroxylation is 1. The summed E-state index contributed by atoms with van der Waals surface area (Å²) in [5.74, 6) is -0.329. The summed E-state index contributed by atoms with van der Waals surface area (Å²) in [5, 5.41) is 13.5. The third-order valence-electron chi connectivity index (χ3n) is 6.02. The third-order valence-corrected chi connectivity index (χ3v) is 6.02. The van der Waals surface area contributed by atoms with E-state index in [9.17, 15) is 19.5 Å². The number of nitrogens with one attached hydrogen (secondary N) is 2. The zero-order valence-corrected chi connectivity index (χ0v) is 16.6. The molecule has 9 heteroatoms. The molecular formula is C19H29N3O6. The van der Waals surface area contributed by atoms with Crippen molar-refractivity contribution in [2.75, 3.05) is 20.3 Å². The number of aromatic amines is 1. The average molecular weight is 395 g/mol. The molecule has 156 valence electrons. The van der Waals surface area contributed by atoms with Gasteiger partial charge in [0.05, 0.1) is 18.8 Å². The van der Waals surface area contributed by atoms with E-state index < -0.39 is 35.6 Å². The quantitative estimate of drug-likeness (QED) is 0.616. The fraction of sp³-hybridized carbons (Fsp3) is 0.737. The molecular weight excluding hydrogens is 366 g/mol. The summed E-state index contributed by atoms with van der Waals surface area (Å²) in [6.07, 6.45) is 3.23. The van der Waals surface area contributed by atoms with Crippen molar-refractivity contribution in [3.63, 3.8) is 0 Å². The summed E-state index contributed by atoms with van der Waals surface area (Å²) >= 11 is 0. The van der Waals surface area contributed by atoms with Gasteiger partial charge in [-0.05, 0) is 31.6 Å². The summed E-state index contributed by atoms with van der Waals surface area (Å²) in [6.45, 7) is 3.67. The van der Waals surface area contributed by atoms with Gasteiger partial charge in [0, 0.05) is 18.8 Å². The largest absolute Gasteiger partial charge is 0.388 e. The highest BCUT2D eigenvalue weighted by atomic mass is 16.5. The molecule has 0 spiro atoms. The van der Waals surface area contributed by atoms with Gasteiger partial charge >= 0.3 is 5.69 Å². The number of hydrogen-bond acceptors (Lipinski definition) is 6. The van der Waals surface area contributed by atoms with Gasteiger partial charge in [-0.1, -0.05) is 13.3 Å². The lowest BCUT2D eigenvalue weighted by molar-refractivity contribution is -0.190. The molecule has 28 heavy (non-hydrogen) atoms. The fourth-order valence-electron chi connectivity index (χ4n) is 4.03. The van der Waals surface area contributed by atoms with Crippen LogP contribution in [0.15, 0.2) is 15.8 Å². The van der Waals surface area contributed by atoms with Crippen LogP contribution in [0.2, 0.25) is 0 Å². The normalized spacial score (nSPS) is 29.1. The Morgan fingerprint density at radius 1 is 1.46 bits per heavy atom. The van der Waals surface area contributed by atoms with E-state index in [1.54, 1.807) is 6.92 Å². The molecule has 1 aliphatic carbocycles. The highest BCUT2D eigenvalue weighted by molar-refractivity contribution is 5.76. The Morgan fingerprint density at radius 3 is 2.79 bits per heavy atom. The minimum absolute atomic E-state index is 0.134. The summed E-state index contributed by atoms with van der Waals surface area (Å²) in [7, 11) is 1.50. The van der Waals surface area contributed by atoms with Gasteiger partial charge in [0.15, 0.2) is 0 Å². The fourth-order valence-corrected chi connectivity index (χ4v) is 4.03. The lowest BCUT2D eigenvalue weighted by atomic mass is 9.66. The van der Waals surface area contributed by atoms with Crippen molar-refractivity contribution in [1.29, 1.82) is 0 Å². The summed E-state index contributed by atoms with van der Waals surface area (Å²) in [4.78, 5) is 38.0. The number of aliphatic hydroxyl groups excluding tert-OH is 1. The maximum Gasteiger partial charge on any atom is 0.328 e. The molecule has 3 N–H and O–H groups in total. The van der Waals surface area contributed by atoms with Crippen LogP contribution in [0.25, 0.3) is 0 Å². The number of hydrogen-bond donors (Lipinski definition) is 3. The highest BCUT2D eigenvalue weighted by Gasteiger charge is 2.45. The van der Waals surface area contributed by atoms with Crippen molar-refractivity contribution in [2.45, 2.75) is 63.9 Å². The monoisotopic (exact) mass is 395 g/mol. The van der Waals surface area contributed by atoms with Gasteiger partial charge in [-0.15, -0.1) is 0 Å². The van der Waals surface area contributed by atoms with Gasteiger partial charge in [-0.25, -0.2) is 4.79 Å². The van der Waals surface area contributed by atoms with Gasteiger partial charge < -0.3 is 19.9 Å². The number of rotatable bonds is 6. The molecule has 0 bridgehead atoms. The first-order valence-corrected chi connectivity index (χ1v) is 9.68. The standard InChI is InChI=1S/C19H29N3O6/c1-11-8-22(18(26)21-17(11)25)12-9-27-13(7-19(2)5-4-6-19)15(24)16(12)28-10-14(23)20-3/h8,12-13,15-16,24H,4-7,9-10H2,1-3H3,(H,20,23)(H,21,25,26). The van der Waals surface area contributed by atoms with Crippen LogP contribution in [0.4, 0.5) is 0 Å². The molecule has 1 saturated heterocycles. The highest BCUT2D eigenvalue weighted by Crippen LogP contribution is 2.46. The molecule has 3 rings (SSSR count). The lowest BCUT2D eigenvalue weighted by Crippen LogP contribution is -2.55. The van der Waals surface area contributed by atoms with Crippen LogP contribution >= 0.6 is 0 Å². The Hall–Kier alpha value is -1.97. The van der Waals surface area contributed by atoms with E-state index in [2.05, 4.69) is 17.2 Å². The first kappa shape index (κ1) is 20.8. The van der Waals surface area contributed by atoms with E-state index >= 15 is 0 Å². The predicted molar refractivity (Wildman–Crippen MR) is 101 cm³/mol. The second-order valence-corrected chi connectivity index (χ2v) is 8.23. The zero-order valence-electron chi connectivity index (χ0n) is 16.6. The molecule has 1 aromatic rings. The second kappa shape index (κ2) is 8.18. The third kappa shape index (κ3) is 4.21. The number of nitrogens with zero attached hydrogens (tertiary/aromatic N) is 1. The molecule has 1 aromatic heterocycles. The number of carbonyl (C=O) groups is 1. The van der Waals surface area contributed by atoms with E-state index in [0.717, 1.165) is 12.8 Å². The van der Waals surface area contributed by atoms with Gasteiger partial charge in [-0.2, -0.15) is 0 Å². The molecule has 2 fully saturated rings. The molecule has 2 heterocycles. The molecule has 9 nitrogen and oxygen atoms in total. The summed E-state index contributed by atoms with van der Waals surface area (Å²) < 4.78 is 13.0. The maximum atomic E-state index is 12.3. The van der Waals surface area contributed by atoms with Crippen molar-refractivity contribution in [3.05, 3.63) is 32.6 Å². The number of carbonyl (C=O) groups excluding carboxylic acids is 1. The molecule has 0 radical (unpaired) electrons. The molecule has 4 atom stereocenters. The van der Waals surface area contributed by atoms with Crippen molar-refractivity contribution in [1.82, 2.24) is 14.9 Å². The van der Waals surface area contributed by atoms with Crippen LogP contribution in [0.3, 0.4) is 0 Å². The van der Waals surface area contributed by atoms with Crippen molar-refractivity contribution in [2.24, 2.45) is 5.41 Å². The predicted octanol–water partition coefficient (Wildman–Crippen LogP) is -0.143. The number of ether oxygens (including phenoxy) is 2. The smallest absolute Gasteiger partial charge is 0.328 e. The second-order valence-electron chi connectivity index (χ2n) is 8.23. The van der Waals surface area contributed by atoms with E-state index in [0.29, 0.717) is 12.0 Å². The minimum atomic E-state index is -1.00. The van der Waals surface area contributed by atoms with Crippen LogP contribution < -0.4 is 16.6 Å². The first-order chi connectivity index (χ1) is 13.2. The minimum Gasteiger partial charge on any atom is -0.388 e. The van der Waals surface area contributed by atoms with Crippen molar-refractivity contribution in [3.8, 4) is 0 Å². The Labute approximate surface area is 163 Å². The number of aliphatic hydroxyl groups is 1. The lowest BCUT2D eigenvalue weighted by Gasteiger charge is -2.46. The van der Waals surface area contributed by atoms with E-state index in [1.165, 1.54) is 24.2 Å². The van der Waals surface area contributed by atoms with Gasteiger partial charge in [0.2, 0.25) is 5.91 Å². The van der Waals surface area contributed by atoms with E-state index in [-0.39, 0.29) is 24.5 Å². The average Bonchev–Trinajstić information content (AvgIpc) is 2.63.